The summed E-state index contributed by atoms with van der Waals surface area (Å²) in [6.45, 7) is 5.53. The highest BCUT2D eigenvalue weighted by Gasteiger charge is 2.10. The lowest BCUT2D eigenvalue weighted by Crippen LogP contribution is -2.24. The summed E-state index contributed by atoms with van der Waals surface area (Å²) in [6, 6.07) is 13.7. The van der Waals surface area contributed by atoms with Crippen molar-refractivity contribution in [1.82, 2.24) is 9.78 Å². The van der Waals surface area contributed by atoms with Gasteiger partial charge < -0.3 is 10.1 Å². The van der Waals surface area contributed by atoms with Crippen LogP contribution in [-0.4, -0.2) is 22.3 Å². The number of hydrogen-bond acceptors (Lipinski definition) is 4. The van der Waals surface area contributed by atoms with Crippen LogP contribution in [0.1, 0.15) is 16.7 Å². The number of hydrogen-bond donors (Lipinski definition) is 1. The smallest absolute Gasteiger partial charge is 0.271 e. The van der Waals surface area contributed by atoms with E-state index in [2.05, 4.69) is 10.4 Å². The van der Waals surface area contributed by atoms with Gasteiger partial charge in [0.1, 0.15) is 0 Å². The van der Waals surface area contributed by atoms with Crippen molar-refractivity contribution in [2.75, 3.05) is 11.9 Å². The molecule has 1 heterocycles. The Morgan fingerprint density at radius 1 is 1.11 bits per heavy atom. The fourth-order valence-corrected chi connectivity index (χ4v) is 2.76. The lowest BCUT2D eigenvalue weighted by atomic mass is 10.1. The zero-order valence-corrected chi connectivity index (χ0v) is 16.6. The maximum atomic E-state index is 12.2. The fraction of sp³-hybridized carbons (Fsp3) is 0.190. The summed E-state index contributed by atoms with van der Waals surface area (Å²) in [7, 11) is 0. The van der Waals surface area contributed by atoms with E-state index in [1.165, 1.54) is 16.8 Å². The average Bonchev–Trinajstić information content (AvgIpc) is 2.67. The molecule has 0 saturated heterocycles. The quantitative estimate of drug-likeness (QED) is 0.710. The third-order valence-corrected chi connectivity index (χ3v) is 4.81. The zero-order chi connectivity index (χ0) is 20.3. The summed E-state index contributed by atoms with van der Waals surface area (Å²) < 4.78 is 6.72. The summed E-state index contributed by atoms with van der Waals surface area (Å²) in [4.78, 5) is 24.3. The van der Waals surface area contributed by atoms with E-state index in [9.17, 15) is 9.59 Å². The van der Waals surface area contributed by atoms with Crippen LogP contribution in [0.4, 0.5) is 5.69 Å². The second-order valence-electron chi connectivity index (χ2n) is 6.44. The van der Waals surface area contributed by atoms with E-state index in [0.29, 0.717) is 16.4 Å². The van der Waals surface area contributed by atoms with Crippen LogP contribution in [-0.2, 0) is 4.79 Å². The van der Waals surface area contributed by atoms with Crippen molar-refractivity contribution in [3.05, 3.63) is 80.6 Å². The van der Waals surface area contributed by atoms with Gasteiger partial charge in [0, 0.05) is 22.8 Å². The van der Waals surface area contributed by atoms with Crippen molar-refractivity contribution in [1.29, 1.82) is 0 Å². The number of halogens is 1. The van der Waals surface area contributed by atoms with E-state index in [-0.39, 0.29) is 24.0 Å². The standard InChI is InChI=1S/C21H20ClN3O3/c1-13-7-8-16(11-14(13)2)25-21(27)10-9-20(24-25)28-12-19(26)23-18-6-4-5-17(22)15(18)3/h4-11H,12H2,1-3H3,(H,23,26). The molecule has 0 aliphatic heterocycles. The molecule has 0 unspecified atom stereocenters. The van der Waals surface area contributed by atoms with E-state index >= 15 is 0 Å². The van der Waals surface area contributed by atoms with Gasteiger partial charge >= 0.3 is 0 Å². The van der Waals surface area contributed by atoms with Crippen LogP contribution >= 0.6 is 11.6 Å². The molecular weight excluding hydrogens is 378 g/mol. The first-order chi connectivity index (χ1) is 13.3. The highest BCUT2D eigenvalue weighted by atomic mass is 35.5. The van der Waals surface area contributed by atoms with Crippen LogP contribution in [0.15, 0.2) is 53.3 Å². The highest BCUT2D eigenvalue weighted by Crippen LogP contribution is 2.22. The minimum absolute atomic E-state index is 0.177. The van der Waals surface area contributed by atoms with Crippen molar-refractivity contribution in [3.63, 3.8) is 0 Å². The van der Waals surface area contributed by atoms with Crippen molar-refractivity contribution in [2.45, 2.75) is 20.8 Å². The summed E-state index contributed by atoms with van der Waals surface area (Å²) in [5.74, 6) is -0.174. The van der Waals surface area contributed by atoms with Gasteiger partial charge in [-0.15, -0.1) is 5.10 Å². The first-order valence-electron chi connectivity index (χ1n) is 8.71. The van der Waals surface area contributed by atoms with Crippen molar-refractivity contribution < 1.29 is 9.53 Å². The molecule has 0 bridgehead atoms. The number of aromatic nitrogens is 2. The molecule has 0 fully saturated rings. The number of ether oxygens (including phenoxy) is 1. The molecule has 0 aliphatic rings. The molecule has 0 saturated carbocycles. The van der Waals surface area contributed by atoms with Crippen LogP contribution in [0.2, 0.25) is 5.02 Å². The predicted octanol–water partition coefficient (Wildman–Crippen LogP) is 3.83. The fourth-order valence-electron chi connectivity index (χ4n) is 2.58. The van der Waals surface area contributed by atoms with Gasteiger partial charge in [-0.1, -0.05) is 23.7 Å². The minimum atomic E-state index is -0.351. The minimum Gasteiger partial charge on any atom is -0.467 e. The number of aryl methyl sites for hydroxylation is 2. The number of carbonyl (C=O) groups is 1. The monoisotopic (exact) mass is 397 g/mol. The number of nitrogens with one attached hydrogen (secondary N) is 1. The maximum absolute atomic E-state index is 12.2. The predicted molar refractivity (Wildman–Crippen MR) is 110 cm³/mol. The topological polar surface area (TPSA) is 73.2 Å². The first-order valence-corrected chi connectivity index (χ1v) is 9.09. The van der Waals surface area contributed by atoms with Crippen molar-refractivity contribution in [2.24, 2.45) is 0 Å². The molecule has 144 valence electrons. The Bertz CT molecular complexity index is 1090. The Labute approximate surface area is 167 Å². The summed E-state index contributed by atoms with van der Waals surface area (Å²) in [6.07, 6.45) is 0. The lowest BCUT2D eigenvalue weighted by molar-refractivity contribution is -0.118. The van der Waals surface area contributed by atoms with Gasteiger partial charge in [-0.3, -0.25) is 9.59 Å². The Balaban J connectivity index is 1.73. The van der Waals surface area contributed by atoms with Crippen molar-refractivity contribution >= 4 is 23.2 Å². The van der Waals surface area contributed by atoms with Gasteiger partial charge in [0.2, 0.25) is 5.88 Å². The average molecular weight is 398 g/mol. The maximum Gasteiger partial charge on any atom is 0.271 e. The molecule has 3 aromatic rings. The van der Waals surface area contributed by atoms with Crippen LogP contribution in [0.5, 0.6) is 5.88 Å². The zero-order valence-electron chi connectivity index (χ0n) is 15.8. The van der Waals surface area contributed by atoms with Gasteiger partial charge in [0.15, 0.2) is 6.61 Å². The molecule has 7 heteroatoms. The van der Waals surface area contributed by atoms with E-state index in [4.69, 9.17) is 16.3 Å². The number of rotatable bonds is 5. The van der Waals surface area contributed by atoms with Gasteiger partial charge in [-0.25, -0.2) is 0 Å². The molecule has 28 heavy (non-hydrogen) atoms. The summed E-state index contributed by atoms with van der Waals surface area (Å²) in [5, 5.41) is 7.52. The lowest BCUT2D eigenvalue weighted by Gasteiger charge is -2.11. The Morgan fingerprint density at radius 2 is 1.89 bits per heavy atom. The molecule has 0 spiro atoms. The number of carbonyl (C=O) groups excluding carboxylic acids is 1. The number of nitrogens with zero attached hydrogens (tertiary/aromatic N) is 2. The molecule has 6 nitrogen and oxygen atoms in total. The normalized spacial score (nSPS) is 10.6. The van der Waals surface area contributed by atoms with E-state index < -0.39 is 0 Å². The third-order valence-electron chi connectivity index (χ3n) is 4.40. The molecule has 0 aliphatic carbocycles. The SMILES string of the molecule is Cc1ccc(-n2nc(OCC(=O)Nc3cccc(Cl)c3C)ccc2=O)cc1C. The highest BCUT2D eigenvalue weighted by molar-refractivity contribution is 6.31. The third kappa shape index (κ3) is 4.40. The van der Waals surface area contributed by atoms with Crippen LogP contribution in [0.25, 0.3) is 5.69 Å². The molecule has 3 rings (SSSR count). The van der Waals surface area contributed by atoms with Gasteiger partial charge in [-0.05, 0) is 61.7 Å². The molecular formula is C21H20ClN3O3. The van der Waals surface area contributed by atoms with Gasteiger partial charge in [0.05, 0.1) is 5.69 Å². The molecule has 0 radical (unpaired) electrons. The second-order valence-corrected chi connectivity index (χ2v) is 6.85. The molecule has 0 atom stereocenters. The first kappa shape index (κ1) is 19.6. The molecule has 1 N–H and O–H groups in total. The Hall–Kier alpha value is -3.12. The Morgan fingerprint density at radius 3 is 2.64 bits per heavy atom. The summed E-state index contributed by atoms with van der Waals surface area (Å²) >= 11 is 6.06. The van der Waals surface area contributed by atoms with E-state index in [1.54, 1.807) is 18.2 Å². The van der Waals surface area contributed by atoms with Gasteiger partial charge in [-0.2, -0.15) is 4.68 Å². The number of benzene rings is 2. The van der Waals surface area contributed by atoms with Crippen LogP contribution in [0.3, 0.4) is 0 Å². The van der Waals surface area contributed by atoms with Crippen LogP contribution < -0.4 is 15.6 Å². The number of amides is 1. The Kier molecular flexibility index (Phi) is 5.80. The summed E-state index contributed by atoms with van der Waals surface area (Å²) in [5.41, 5.74) is 3.92. The molecule has 2 aromatic carbocycles. The largest absolute Gasteiger partial charge is 0.467 e. The van der Waals surface area contributed by atoms with Crippen LogP contribution in [0, 0.1) is 20.8 Å². The van der Waals surface area contributed by atoms with E-state index in [0.717, 1.165) is 16.7 Å². The number of anilines is 1. The molecule has 1 amide bonds. The second kappa shape index (κ2) is 8.27. The van der Waals surface area contributed by atoms with Crippen molar-refractivity contribution in [3.8, 4) is 11.6 Å². The molecule has 1 aromatic heterocycles. The van der Waals surface area contributed by atoms with Gasteiger partial charge in [0.25, 0.3) is 11.5 Å². The van der Waals surface area contributed by atoms with E-state index in [1.807, 2.05) is 39.0 Å².